The van der Waals surface area contributed by atoms with Gasteiger partial charge in [0.2, 0.25) is 17.8 Å². The Bertz CT molecular complexity index is 1060. The smallest absolute Gasteiger partial charge is 0.236 e. The molecule has 9 nitrogen and oxygen atoms in total. The summed E-state index contributed by atoms with van der Waals surface area (Å²) in [6.07, 6.45) is 2.33. The summed E-state index contributed by atoms with van der Waals surface area (Å²) >= 11 is 2.80. The minimum absolute atomic E-state index is 0.135. The van der Waals surface area contributed by atoms with Gasteiger partial charge in [0, 0.05) is 18.0 Å². The summed E-state index contributed by atoms with van der Waals surface area (Å²) in [6.45, 7) is 2.93. The summed E-state index contributed by atoms with van der Waals surface area (Å²) in [4.78, 5) is 12.3. The van der Waals surface area contributed by atoms with Crippen molar-refractivity contribution in [1.82, 2.24) is 25.0 Å². The van der Waals surface area contributed by atoms with Crippen molar-refractivity contribution in [2.75, 3.05) is 17.9 Å². The summed E-state index contributed by atoms with van der Waals surface area (Å²) in [5, 5.41) is 21.8. The predicted molar refractivity (Wildman–Crippen MR) is 108 cm³/mol. The predicted octanol–water partition coefficient (Wildman–Crippen LogP) is 3.15. The number of ether oxygens (including phenoxy) is 2. The molecule has 0 saturated heterocycles. The molecule has 0 unspecified atom stereocenters. The third-order valence-corrected chi connectivity index (χ3v) is 6.58. The molecule has 1 aliphatic carbocycles. The van der Waals surface area contributed by atoms with Crippen molar-refractivity contribution >= 4 is 34.1 Å². The number of hydrogen-bond donors (Lipinski definition) is 1. The van der Waals surface area contributed by atoms with E-state index >= 15 is 0 Å². The molecule has 1 aromatic carbocycles. The third kappa shape index (κ3) is 3.79. The average Bonchev–Trinajstić information content (AvgIpc) is 3.14. The van der Waals surface area contributed by atoms with E-state index < -0.39 is 0 Å². The van der Waals surface area contributed by atoms with Gasteiger partial charge in [-0.3, -0.25) is 10.1 Å². The first kappa shape index (κ1) is 18.4. The minimum atomic E-state index is -0.135. The van der Waals surface area contributed by atoms with Gasteiger partial charge in [0.25, 0.3) is 0 Å². The van der Waals surface area contributed by atoms with E-state index in [0.29, 0.717) is 28.5 Å². The van der Waals surface area contributed by atoms with Crippen LogP contribution in [0.2, 0.25) is 0 Å². The zero-order chi connectivity index (χ0) is 19.8. The number of nitrogens with one attached hydrogen (secondary N) is 1. The number of carbonyl (C=O) groups excluding carboxylic acids is 1. The van der Waals surface area contributed by atoms with E-state index in [-0.39, 0.29) is 18.5 Å². The Morgan fingerprint density at radius 2 is 2.10 bits per heavy atom. The van der Waals surface area contributed by atoms with Crippen molar-refractivity contribution < 1.29 is 14.3 Å². The monoisotopic (exact) mass is 430 g/mol. The number of carbonyl (C=O) groups is 1. The van der Waals surface area contributed by atoms with Crippen molar-refractivity contribution in [3.05, 3.63) is 23.2 Å². The summed E-state index contributed by atoms with van der Waals surface area (Å²) in [6, 6.07) is 5.69. The lowest BCUT2D eigenvalue weighted by Gasteiger charge is -2.07. The van der Waals surface area contributed by atoms with E-state index in [4.69, 9.17) is 9.47 Å². The zero-order valence-corrected chi connectivity index (χ0v) is 17.3. The number of fused-ring (bicyclic) bond motifs is 1. The van der Waals surface area contributed by atoms with Crippen molar-refractivity contribution in [3.63, 3.8) is 0 Å². The SMILES string of the molecule is CCn1c(SCC(=O)Nc2nnc(C3CC3)s2)nnc1-c1ccc2c(c1)OCO2. The lowest BCUT2D eigenvalue weighted by molar-refractivity contribution is -0.113. The van der Waals surface area contributed by atoms with Crippen LogP contribution in [-0.4, -0.2) is 43.4 Å². The molecule has 0 radical (unpaired) electrons. The first-order valence-electron chi connectivity index (χ1n) is 9.30. The van der Waals surface area contributed by atoms with E-state index in [0.717, 1.165) is 35.0 Å². The van der Waals surface area contributed by atoms with Crippen molar-refractivity contribution in [2.45, 2.75) is 37.4 Å². The highest BCUT2D eigenvalue weighted by molar-refractivity contribution is 7.99. The van der Waals surface area contributed by atoms with Gasteiger partial charge in [0.15, 0.2) is 22.5 Å². The summed E-state index contributed by atoms with van der Waals surface area (Å²) in [5.74, 6) is 2.77. The number of thioether (sulfide) groups is 1. The van der Waals surface area contributed by atoms with Gasteiger partial charge in [-0.05, 0) is 38.0 Å². The molecular weight excluding hydrogens is 412 g/mol. The highest BCUT2D eigenvalue weighted by atomic mass is 32.2. The first-order chi connectivity index (χ1) is 14.2. The van der Waals surface area contributed by atoms with Gasteiger partial charge < -0.3 is 14.0 Å². The van der Waals surface area contributed by atoms with E-state index in [1.165, 1.54) is 23.1 Å². The number of benzene rings is 1. The van der Waals surface area contributed by atoms with E-state index in [9.17, 15) is 4.79 Å². The topological polar surface area (TPSA) is 104 Å². The van der Waals surface area contributed by atoms with Crippen molar-refractivity contribution in [1.29, 1.82) is 0 Å². The number of aromatic nitrogens is 5. The minimum Gasteiger partial charge on any atom is -0.454 e. The summed E-state index contributed by atoms with van der Waals surface area (Å²) in [5.41, 5.74) is 0.890. The lowest BCUT2D eigenvalue weighted by atomic mass is 10.2. The fourth-order valence-corrected chi connectivity index (χ4v) is 4.73. The Balaban J connectivity index is 1.25. The molecule has 11 heteroatoms. The largest absolute Gasteiger partial charge is 0.454 e. The molecule has 3 aromatic rings. The van der Waals surface area contributed by atoms with Gasteiger partial charge in [-0.1, -0.05) is 23.1 Å². The third-order valence-electron chi connectivity index (χ3n) is 4.61. The number of anilines is 1. The normalized spacial score (nSPS) is 14.9. The molecule has 3 heterocycles. The average molecular weight is 431 g/mol. The van der Waals surface area contributed by atoms with Gasteiger partial charge in [0.1, 0.15) is 5.01 Å². The maximum atomic E-state index is 12.3. The van der Waals surface area contributed by atoms with E-state index in [2.05, 4.69) is 25.7 Å². The Labute approximate surface area is 174 Å². The van der Waals surface area contributed by atoms with Gasteiger partial charge in [-0.2, -0.15) is 0 Å². The van der Waals surface area contributed by atoms with Crippen LogP contribution >= 0.6 is 23.1 Å². The molecule has 1 N–H and O–H groups in total. The molecular formula is C18H18N6O3S2. The first-order valence-corrected chi connectivity index (χ1v) is 11.1. The van der Waals surface area contributed by atoms with E-state index in [1.54, 1.807) is 0 Å². The summed E-state index contributed by atoms with van der Waals surface area (Å²) in [7, 11) is 0. The van der Waals surface area contributed by atoms with Crippen LogP contribution < -0.4 is 14.8 Å². The van der Waals surface area contributed by atoms with Gasteiger partial charge in [-0.15, -0.1) is 20.4 Å². The van der Waals surface area contributed by atoms with Crippen LogP contribution in [0.15, 0.2) is 23.4 Å². The molecule has 29 heavy (non-hydrogen) atoms. The number of rotatable bonds is 7. The van der Waals surface area contributed by atoms with Crippen LogP contribution in [-0.2, 0) is 11.3 Å². The summed E-state index contributed by atoms with van der Waals surface area (Å²) < 4.78 is 12.8. The van der Waals surface area contributed by atoms with Crippen LogP contribution in [0.4, 0.5) is 5.13 Å². The maximum Gasteiger partial charge on any atom is 0.236 e. The van der Waals surface area contributed by atoms with Gasteiger partial charge >= 0.3 is 0 Å². The highest BCUT2D eigenvalue weighted by Crippen LogP contribution is 2.42. The molecule has 0 atom stereocenters. The van der Waals surface area contributed by atoms with E-state index in [1.807, 2.05) is 29.7 Å². The number of hydrogen-bond acceptors (Lipinski definition) is 9. The molecule has 1 aliphatic heterocycles. The molecule has 2 aliphatic rings. The van der Waals surface area contributed by atoms with Gasteiger partial charge in [-0.25, -0.2) is 0 Å². The highest BCUT2D eigenvalue weighted by Gasteiger charge is 2.27. The Morgan fingerprint density at radius 3 is 2.93 bits per heavy atom. The van der Waals surface area contributed by atoms with Crippen molar-refractivity contribution in [3.8, 4) is 22.9 Å². The van der Waals surface area contributed by atoms with Crippen LogP contribution in [0.25, 0.3) is 11.4 Å². The van der Waals surface area contributed by atoms with Crippen molar-refractivity contribution in [2.24, 2.45) is 0 Å². The molecule has 0 bridgehead atoms. The van der Waals surface area contributed by atoms with Crippen LogP contribution in [0, 0.1) is 0 Å². The quantitative estimate of drug-likeness (QED) is 0.570. The lowest BCUT2D eigenvalue weighted by Crippen LogP contribution is -2.14. The maximum absolute atomic E-state index is 12.3. The van der Waals surface area contributed by atoms with Crippen LogP contribution in [0.3, 0.4) is 0 Å². The molecule has 150 valence electrons. The number of amides is 1. The zero-order valence-electron chi connectivity index (χ0n) is 15.6. The molecule has 2 aromatic heterocycles. The Hall–Kier alpha value is -2.66. The van der Waals surface area contributed by atoms with Crippen LogP contribution in [0.1, 0.15) is 30.7 Å². The standard InChI is InChI=1S/C18H18N6O3S2/c1-2-24-15(11-5-6-12-13(7-11)27-9-26-12)20-23-18(24)28-8-14(25)19-17-22-21-16(29-17)10-3-4-10/h5-7,10H,2-4,8-9H2,1H3,(H,19,22,25). The Kier molecular flexibility index (Phi) is 4.84. The molecule has 1 saturated carbocycles. The molecule has 5 rings (SSSR count). The Morgan fingerprint density at radius 1 is 1.24 bits per heavy atom. The second kappa shape index (κ2) is 7.64. The second-order valence-corrected chi connectivity index (χ2v) is 8.63. The molecule has 1 amide bonds. The molecule has 0 spiro atoms. The fourth-order valence-electron chi connectivity index (χ4n) is 3.00. The molecule has 1 fully saturated rings. The number of nitrogens with zero attached hydrogens (tertiary/aromatic N) is 5. The van der Waals surface area contributed by atoms with Crippen LogP contribution in [0.5, 0.6) is 11.5 Å². The second-order valence-electron chi connectivity index (χ2n) is 6.68. The fraction of sp³-hybridized carbons (Fsp3) is 0.389. The van der Waals surface area contributed by atoms with Gasteiger partial charge in [0.05, 0.1) is 5.75 Å².